The van der Waals surface area contributed by atoms with Crippen LogP contribution in [0, 0.1) is 77.5 Å². The summed E-state index contributed by atoms with van der Waals surface area (Å²) in [6.07, 6.45) is 2.91. The van der Waals surface area contributed by atoms with Crippen molar-refractivity contribution in [2.24, 2.45) is 53.1 Å². The van der Waals surface area contributed by atoms with Crippen LogP contribution < -0.4 is 37.1 Å². The van der Waals surface area contributed by atoms with Gasteiger partial charge in [0.2, 0.25) is 52.8 Å². The summed E-state index contributed by atoms with van der Waals surface area (Å²) in [7, 11) is 8.45. The third-order valence-electron chi connectivity index (χ3n) is 21.4. The number of anilines is 1. The summed E-state index contributed by atoms with van der Waals surface area (Å²) in [6.45, 7) is 21.4. The highest BCUT2D eigenvalue weighted by Gasteiger charge is 2.44. The monoisotopic (exact) mass is 1500 g/mol. The van der Waals surface area contributed by atoms with Gasteiger partial charge in [0, 0.05) is 95.2 Å². The van der Waals surface area contributed by atoms with E-state index < -0.39 is 124 Å². The number of piperidine rings is 1. The van der Waals surface area contributed by atoms with Gasteiger partial charge in [0.05, 0.1) is 48.7 Å². The fraction of sp³-hybridized carbons (Fsp3) is 0.650. The van der Waals surface area contributed by atoms with Gasteiger partial charge in [-0.25, -0.2) is 13.6 Å². The van der Waals surface area contributed by atoms with Crippen LogP contribution in [0.3, 0.4) is 0 Å². The molecule has 3 aromatic rings. The Morgan fingerprint density at radius 2 is 1.30 bits per heavy atom. The van der Waals surface area contributed by atoms with Gasteiger partial charge in [-0.05, 0) is 152 Å². The molecule has 2 aliphatic heterocycles. The van der Waals surface area contributed by atoms with Crippen molar-refractivity contribution >= 4 is 64.7 Å². The second kappa shape index (κ2) is 43.3. The molecule has 0 spiro atoms. The Bertz CT molecular complexity index is 3420. The Morgan fingerprint density at radius 3 is 1.87 bits per heavy atom. The normalized spacial score (nSPS) is 18.3. The number of carbonyl (C=O) groups is 10. The first-order chi connectivity index (χ1) is 50.6. The van der Waals surface area contributed by atoms with Crippen LogP contribution in [0.5, 0.6) is 5.75 Å². The van der Waals surface area contributed by atoms with E-state index in [1.807, 2.05) is 115 Å². The van der Waals surface area contributed by atoms with E-state index in [-0.39, 0.29) is 116 Å². The van der Waals surface area contributed by atoms with E-state index in [2.05, 4.69) is 26.6 Å². The highest BCUT2D eigenvalue weighted by Crippen LogP contribution is 2.35. The zero-order chi connectivity index (χ0) is 79.7. The molecule has 2 heterocycles. The molecule has 107 heavy (non-hydrogen) atoms. The number of rotatable bonds is 43. The van der Waals surface area contributed by atoms with Crippen molar-refractivity contribution in [1.29, 1.82) is 0 Å². The number of ether oxygens (including phenoxy) is 3. The number of amides is 8. The van der Waals surface area contributed by atoms with Crippen molar-refractivity contribution < 1.29 is 79.7 Å². The molecule has 23 nitrogen and oxygen atoms in total. The molecule has 2 aliphatic rings. The number of urea groups is 1. The Hall–Kier alpha value is -7.88. The first-order valence-corrected chi connectivity index (χ1v) is 38.0. The molecule has 27 heteroatoms. The number of aryl methyl sites for hydroxylation is 1. The lowest BCUT2D eigenvalue weighted by atomic mass is 9.85. The maximum Gasteiger partial charge on any atom is 0.314 e. The number of hydrogen-bond acceptors (Lipinski definition) is 15. The van der Waals surface area contributed by atoms with E-state index in [9.17, 15) is 65.5 Å². The molecule has 5 rings (SSSR count). The molecular weight excluding hydrogens is 1380 g/mol. The fourth-order valence-electron chi connectivity index (χ4n) is 15.0. The van der Waals surface area contributed by atoms with Crippen molar-refractivity contribution in [2.75, 3.05) is 73.4 Å². The molecule has 8 amide bonds. The molecule has 0 saturated carbocycles. The van der Waals surface area contributed by atoms with Crippen molar-refractivity contribution in [3.8, 4) is 5.75 Å². The molecule has 13 atom stereocenters. The van der Waals surface area contributed by atoms with Crippen LogP contribution >= 0.6 is 0 Å². The number of methoxy groups -OCH3 is 2. The van der Waals surface area contributed by atoms with Gasteiger partial charge < -0.3 is 61.2 Å². The van der Waals surface area contributed by atoms with Crippen LogP contribution in [0.15, 0.2) is 54.6 Å². The van der Waals surface area contributed by atoms with Gasteiger partial charge >= 0.3 is 12.0 Å². The third-order valence-corrected chi connectivity index (χ3v) is 21.4. The summed E-state index contributed by atoms with van der Waals surface area (Å²) in [5.41, 5.74) is 6.67. The van der Waals surface area contributed by atoms with Gasteiger partial charge in [0.1, 0.15) is 11.8 Å². The van der Waals surface area contributed by atoms with Gasteiger partial charge in [0.25, 0.3) is 0 Å². The predicted molar refractivity (Wildman–Crippen MR) is 401 cm³/mol. The van der Waals surface area contributed by atoms with Crippen LogP contribution in [-0.2, 0) is 65.5 Å². The molecule has 3 aromatic carbocycles. The number of primary amides is 1. The molecule has 2 saturated heterocycles. The topological polar surface area (TPSA) is 298 Å². The Labute approximate surface area is 630 Å². The van der Waals surface area contributed by atoms with Crippen LogP contribution in [0.25, 0.3) is 0 Å². The van der Waals surface area contributed by atoms with Crippen molar-refractivity contribution in [2.45, 2.75) is 221 Å². The minimum Gasteiger partial charge on any atom is -0.420 e. The van der Waals surface area contributed by atoms with E-state index >= 15 is 0 Å². The SMILES string of the molecule is CC[C@H](C)[C@@H]([C@@H](CC(=O)N1CCC[C@H]1[C@H](OC)[C@@H](C)C(=O)C[C@@H](Cc1ccccc1)C(=O)NCCCc1ccc(NC(=O)[C@H](CCCNC(N)=O)CC(=O)[C@@H](NC(=O)CCCN2CCC(C(=O)Oc3c(F)c(F)c(C)c(F)c3F)CC2C)C(C)C)cc1)OC)N(C)C(=O)[C@@H](NC(=O)[C@H](C(C)C)N(C)C)C(C)C. The quantitative estimate of drug-likeness (QED) is 0.0101. The van der Waals surface area contributed by atoms with Crippen LogP contribution in [-0.4, -0.2) is 195 Å². The Balaban J connectivity index is 1.15. The molecule has 0 bridgehead atoms. The van der Waals surface area contributed by atoms with Crippen molar-refractivity contribution in [3.05, 3.63) is 94.6 Å². The zero-order valence-corrected chi connectivity index (χ0v) is 65.8. The highest BCUT2D eigenvalue weighted by atomic mass is 19.2. The number of benzene rings is 3. The molecule has 7 N–H and O–H groups in total. The summed E-state index contributed by atoms with van der Waals surface area (Å²) in [6, 6.07) is 12.4. The number of nitrogens with zero attached hydrogens (tertiary/aromatic N) is 4. The maximum absolute atomic E-state index is 14.7. The molecule has 0 radical (unpaired) electrons. The van der Waals surface area contributed by atoms with E-state index in [0.29, 0.717) is 83.2 Å². The lowest BCUT2D eigenvalue weighted by Gasteiger charge is -2.41. The number of nitrogens with two attached hydrogens (primary N) is 1. The minimum atomic E-state index is -1.80. The average molecular weight is 1510 g/mol. The Kier molecular flexibility index (Phi) is 36.4. The third kappa shape index (κ3) is 25.9. The number of Topliss-reactive ketones (excluding diaryl/α,β-unsaturated/α-hetero) is 2. The van der Waals surface area contributed by atoms with Gasteiger partial charge in [-0.2, -0.15) is 8.78 Å². The van der Waals surface area contributed by atoms with Crippen LogP contribution in [0.1, 0.15) is 169 Å². The average Bonchev–Trinajstić information content (AvgIpc) is 1.06. The van der Waals surface area contributed by atoms with Crippen LogP contribution in [0.4, 0.5) is 28.0 Å². The van der Waals surface area contributed by atoms with Gasteiger partial charge in [-0.15, -0.1) is 0 Å². The molecular formula is C80H120F4N10O13. The smallest absolute Gasteiger partial charge is 0.314 e. The van der Waals surface area contributed by atoms with Crippen molar-refractivity contribution in [3.63, 3.8) is 0 Å². The first-order valence-electron chi connectivity index (χ1n) is 38.0. The molecule has 2 unspecified atom stereocenters. The lowest BCUT2D eigenvalue weighted by Crippen LogP contribution is -2.59. The van der Waals surface area contributed by atoms with E-state index in [1.165, 1.54) is 14.2 Å². The summed E-state index contributed by atoms with van der Waals surface area (Å²) in [5, 5.41) is 14.4. The zero-order valence-electron chi connectivity index (χ0n) is 65.8. The minimum absolute atomic E-state index is 0.00620. The van der Waals surface area contributed by atoms with Crippen LogP contribution in [0.2, 0.25) is 0 Å². The van der Waals surface area contributed by atoms with E-state index in [0.717, 1.165) is 18.1 Å². The molecule has 0 aliphatic carbocycles. The second-order valence-electron chi connectivity index (χ2n) is 30.5. The summed E-state index contributed by atoms with van der Waals surface area (Å²) in [5.74, 6) is -15.6. The number of hydrogen-bond donors (Lipinski definition) is 6. The Morgan fingerprint density at radius 1 is 0.673 bits per heavy atom. The predicted octanol–water partition coefficient (Wildman–Crippen LogP) is 9.66. The second-order valence-corrected chi connectivity index (χ2v) is 30.5. The standard InChI is InChI=1S/C80H120F4N10O13/c1-17-49(8)72(92(14)78(102)70(47(4)5)90-77(101)71(48(6)7)91(12)13)62(105-15)45-64(98)94-39-23-29-59(94)73(106-16)51(10)60(95)44-57(42-54-25-19-18-20-26-54)75(99)86-36-21-27-53-31-33-58(34-32-53)88-76(100)55(28-22-37-87-80(85)104)43-61(96)69(46(2)3)89-63(97)30-24-38-93-40-35-56(41-50(93)9)79(103)107-74-67(83)65(81)52(11)66(82)68(74)84/h18-20,25-26,31-34,46-51,55-57,59,62,69-73H,17,21-24,27-30,35-45H2,1-16H3,(H,86,99)(H,88,100)(H,89,97)(H,90,101)(H3,85,87,104)/t49-,50?,51-,55+,56?,57+,59-,62+,69-,70-,71-,72-,73+/m0/s1. The summed E-state index contributed by atoms with van der Waals surface area (Å²) < 4.78 is 74.4. The number of likely N-dealkylation sites (tertiary alicyclic amines) is 2. The molecule has 0 aromatic heterocycles. The fourth-order valence-corrected chi connectivity index (χ4v) is 15.0. The number of ketones is 2. The summed E-state index contributed by atoms with van der Waals surface area (Å²) >= 11 is 0. The largest absolute Gasteiger partial charge is 0.420 e. The van der Waals surface area contributed by atoms with Gasteiger partial charge in [0.15, 0.2) is 17.4 Å². The van der Waals surface area contributed by atoms with E-state index in [1.54, 1.807) is 49.8 Å². The highest BCUT2D eigenvalue weighted by molar-refractivity contribution is 5.97. The summed E-state index contributed by atoms with van der Waals surface area (Å²) in [4.78, 5) is 145. The maximum atomic E-state index is 14.7. The first kappa shape index (κ1) is 89.7. The van der Waals surface area contributed by atoms with Gasteiger partial charge in [-0.1, -0.05) is 111 Å². The lowest BCUT2D eigenvalue weighted by molar-refractivity contribution is -0.148. The number of halogens is 4. The van der Waals surface area contributed by atoms with Gasteiger partial charge in [-0.3, -0.25) is 48.1 Å². The number of esters is 1. The van der Waals surface area contributed by atoms with Crippen molar-refractivity contribution in [1.82, 2.24) is 40.9 Å². The van der Waals surface area contributed by atoms with E-state index in [4.69, 9.17) is 19.9 Å². The number of nitrogens with one attached hydrogen (secondary N) is 5. The molecule has 596 valence electrons. The molecule has 2 fully saturated rings. The number of likely N-dealkylation sites (N-methyl/N-ethyl adjacent to an activating group) is 2. The number of carbonyl (C=O) groups excluding carboxylic acids is 10.